The molecule has 1 fully saturated rings. The maximum Gasteiger partial charge on any atom is 0.144 e. The summed E-state index contributed by atoms with van der Waals surface area (Å²) in [7, 11) is 2.17. The summed E-state index contributed by atoms with van der Waals surface area (Å²) in [4.78, 5) is 2.36. The van der Waals surface area contributed by atoms with Gasteiger partial charge in [-0.15, -0.1) is 0 Å². The zero-order valence-corrected chi connectivity index (χ0v) is 12.1. The van der Waals surface area contributed by atoms with E-state index in [1.54, 1.807) is 0 Å². The summed E-state index contributed by atoms with van der Waals surface area (Å²) in [6.45, 7) is 6.30. The van der Waals surface area contributed by atoms with Gasteiger partial charge in [0.2, 0.25) is 0 Å². The van der Waals surface area contributed by atoms with E-state index in [2.05, 4.69) is 17.3 Å². The molecule has 4 nitrogen and oxygen atoms in total. The topological polar surface area (TPSA) is 50.5 Å². The molecule has 0 atom stereocenters. The number of piperidine rings is 1. The normalized spacial score (nSPS) is 17.7. The van der Waals surface area contributed by atoms with Crippen LogP contribution in [-0.4, -0.2) is 37.2 Å². The van der Waals surface area contributed by atoms with E-state index in [-0.39, 0.29) is 6.10 Å². The third kappa shape index (κ3) is 3.77. The highest BCUT2D eigenvalue weighted by Gasteiger charge is 2.17. The number of benzene rings is 1. The van der Waals surface area contributed by atoms with Gasteiger partial charge in [0.05, 0.1) is 17.5 Å². The number of nitrogens with one attached hydrogen (secondary N) is 1. The lowest BCUT2D eigenvalue weighted by atomic mass is 10.0. The van der Waals surface area contributed by atoms with E-state index in [1.807, 2.05) is 32.0 Å². The van der Waals surface area contributed by atoms with Crippen LogP contribution in [0.2, 0.25) is 0 Å². The largest absolute Gasteiger partial charge is 0.489 e. The average molecular weight is 263 g/mol. The van der Waals surface area contributed by atoms with Gasteiger partial charge in [-0.25, -0.2) is 0 Å². The van der Waals surface area contributed by atoms with Crippen LogP contribution in [0, 0.1) is 0 Å². The molecule has 3 N–H and O–H groups in total. The summed E-state index contributed by atoms with van der Waals surface area (Å²) >= 11 is 0. The fraction of sp³-hybridized carbons (Fsp3) is 0.600. The van der Waals surface area contributed by atoms with E-state index in [4.69, 9.17) is 10.5 Å². The quantitative estimate of drug-likeness (QED) is 0.820. The SMILES string of the molecule is CC(C)Oc1cccc(NC2CCN(C)CC2)c1N. The third-order valence-corrected chi connectivity index (χ3v) is 3.51. The van der Waals surface area contributed by atoms with E-state index in [0.717, 1.165) is 43.1 Å². The Hall–Kier alpha value is -1.42. The van der Waals surface area contributed by atoms with Gasteiger partial charge in [-0.3, -0.25) is 0 Å². The Morgan fingerprint density at radius 3 is 2.63 bits per heavy atom. The van der Waals surface area contributed by atoms with Crippen molar-refractivity contribution in [2.45, 2.75) is 38.8 Å². The smallest absolute Gasteiger partial charge is 0.144 e. The van der Waals surface area contributed by atoms with Crippen LogP contribution in [0.3, 0.4) is 0 Å². The van der Waals surface area contributed by atoms with Crippen LogP contribution >= 0.6 is 0 Å². The van der Waals surface area contributed by atoms with Crippen molar-refractivity contribution < 1.29 is 4.74 Å². The molecule has 0 aromatic heterocycles. The van der Waals surface area contributed by atoms with Crippen molar-refractivity contribution in [2.24, 2.45) is 0 Å². The van der Waals surface area contributed by atoms with Gasteiger partial charge in [-0.1, -0.05) is 6.07 Å². The highest BCUT2D eigenvalue weighted by atomic mass is 16.5. The second-order valence-electron chi connectivity index (χ2n) is 5.61. The highest BCUT2D eigenvalue weighted by molar-refractivity contribution is 5.73. The monoisotopic (exact) mass is 263 g/mol. The van der Waals surface area contributed by atoms with E-state index in [9.17, 15) is 0 Å². The number of likely N-dealkylation sites (tertiary alicyclic amines) is 1. The minimum Gasteiger partial charge on any atom is -0.489 e. The minimum absolute atomic E-state index is 0.140. The Balaban J connectivity index is 2.04. The Morgan fingerprint density at radius 2 is 2.00 bits per heavy atom. The van der Waals surface area contributed by atoms with Gasteiger partial charge < -0.3 is 20.7 Å². The lowest BCUT2D eigenvalue weighted by molar-refractivity contribution is 0.244. The van der Waals surface area contributed by atoms with Crippen LogP contribution in [0.4, 0.5) is 11.4 Å². The number of rotatable bonds is 4. The van der Waals surface area contributed by atoms with Gasteiger partial charge in [0.15, 0.2) is 0 Å². The van der Waals surface area contributed by atoms with Crippen molar-refractivity contribution >= 4 is 11.4 Å². The predicted octanol–water partition coefficient (Wildman–Crippen LogP) is 2.56. The minimum atomic E-state index is 0.140. The number of ether oxygens (including phenoxy) is 1. The Labute approximate surface area is 115 Å². The van der Waals surface area contributed by atoms with Crippen LogP contribution in [-0.2, 0) is 0 Å². The molecule has 1 aromatic carbocycles. The summed E-state index contributed by atoms with van der Waals surface area (Å²) in [5, 5.41) is 3.55. The first kappa shape index (κ1) is 14.0. The van der Waals surface area contributed by atoms with Crippen molar-refractivity contribution in [2.75, 3.05) is 31.2 Å². The second-order valence-corrected chi connectivity index (χ2v) is 5.61. The zero-order chi connectivity index (χ0) is 13.8. The van der Waals surface area contributed by atoms with Gasteiger partial charge >= 0.3 is 0 Å². The Kier molecular flexibility index (Phi) is 4.53. The van der Waals surface area contributed by atoms with Gasteiger partial charge in [-0.05, 0) is 59.0 Å². The molecule has 0 amide bonds. The molecule has 1 saturated heterocycles. The molecular formula is C15H25N3O. The third-order valence-electron chi connectivity index (χ3n) is 3.51. The standard InChI is InChI=1S/C15H25N3O/c1-11(2)19-14-6-4-5-13(15(14)16)17-12-7-9-18(3)10-8-12/h4-6,11-12,17H,7-10,16H2,1-3H3. The predicted molar refractivity (Wildman–Crippen MR) is 80.8 cm³/mol. The van der Waals surface area contributed by atoms with Crippen LogP contribution < -0.4 is 15.8 Å². The number of nitrogens with zero attached hydrogens (tertiary/aromatic N) is 1. The first-order valence-electron chi connectivity index (χ1n) is 7.06. The summed E-state index contributed by atoms with van der Waals surface area (Å²) < 4.78 is 5.72. The second kappa shape index (κ2) is 6.15. The number of nitrogens with two attached hydrogens (primary N) is 1. The maximum absolute atomic E-state index is 6.18. The van der Waals surface area contributed by atoms with Crippen LogP contribution in [0.15, 0.2) is 18.2 Å². The summed E-state index contributed by atoms with van der Waals surface area (Å²) in [6, 6.07) is 6.45. The highest BCUT2D eigenvalue weighted by Crippen LogP contribution is 2.31. The first-order valence-corrected chi connectivity index (χ1v) is 7.06. The van der Waals surface area contributed by atoms with Gasteiger partial charge in [0.1, 0.15) is 5.75 Å². The molecule has 0 aliphatic carbocycles. The number of hydrogen-bond donors (Lipinski definition) is 2. The number of para-hydroxylation sites is 1. The maximum atomic E-state index is 6.18. The van der Waals surface area contributed by atoms with Gasteiger partial charge in [0, 0.05) is 6.04 Å². The summed E-state index contributed by atoms with van der Waals surface area (Å²) in [6.07, 6.45) is 2.46. The fourth-order valence-electron chi connectivity index (χ4n) is 2.40. The Bertz CT molecular complexity index is 412. The molecule has 0 radical (unpaired) electrons. The van der Waals surface area contributed by atoms with Crippen LogP contribution in [0.1, 0.15) is 26.7 Å². The molecule has 1 aromatic rings. The van der Waals surface area contributed by atoms with Gasteiger partial charge in [-0.2, -0.15) is 0 Å². The zero-order valence-electron chi connectivity index (χ0n) is 12.1. The van der Waals surface area contributed by atoms with E-state index >= 15 is 0 Å². The average Bonchev–Trinajstić information content (AvgIpc) is 2.36. The fourth-order valence-corrected chi connectivity index (χ4v) is 2.40. The van der Waals surface area contributed by atoms with Crippen molar-refractivity contribution in [1.29, 1.82) is 0 Å². The molecule has 106 valence electrons. The summed E-state index contributed by atoms with van der Waals surface area (Å²) in [5.74, 6) is 0.771. The number of hydrogen-bond acceptors (Lipinski definition) is 4. The van der Waals surface area contributed by atoms with Crippen molar-refractivity contribution in [3.05, 3.63) is 18.2 Å². The molecule has 2 rings (SSSR count). The molecule has 4 heteroatoms. The van der Waals surface area contributed by atoms with Crippen molar-refractivity contribution in [3.8, 4) is 5.75 Å². The van der Waals surface area contributed by atoms with E-state index < -0.39 is 0 Å². The molecule has 19 heavy (non-hydrogen) atoms. The molecule has 1 aliphatic rings. The molecule has 0 spiro atoms. The molecule has 0 unspecified atom stereocenters. The molecule has 1 aliphatic heterocycles. The number of anilines is 2. The van der Waals surface area contributed by atoms with Crippen molar-refractivity contribution in [3.63, 3.8) is 0 Å². The van der Waals surface area contributed by atoms with Crippen molar-refractivity contribution in [1.82, 2.24) is 4.90 Å². The lowest BCUT2D eigenvalue weighted by Crippen LogP contribution is -2.36. The lowest BCUT2D eigenvalue weighted by Gasteiger charge is -2.30. The Morgan fingerprint density at radius 1 is 1.32 bits per heavy atom. The van der Waals surface area contributed by atoms with E-state index in [0.29, 0.717) is 6.04 Å². The van der Waals surface area contributed by atoms with Crippen LogP contribution in [0.25, 0.3) is 0 Å². The molecule has 0 bridgehead atoms. The molecular weight excluding hydrogens is 238 g/mol. The van der Waals surface area contributed by atoms with Gasteiger partial charge in [0.25, 0.3) is 0 Å². The number of nitrogen functional groups attached to an aromatic ring is 1. The first-order chi connectivity index (χ1) is 9.06. The summed E-state index contributed by atoms with van der Waals surface area (Å²) in [5.41, 5.74) is 7.89. The molecule has 1 heterocycles. The van der Waals surface area contributed by atoms with E-state index in [1.165, 1.54) is 0 Å². The molecule has 0 saturated carbocycles. The van der Waals surface area contributed by atoms with Crippen LogP contribution in [0.5, 0.6) is 5.75 Å².